The van der Waals surface area contributed by atoms with Gasteiger partial charge in [-0.25, -0.2) is 0 Å². The van der Waals surface area contributed by atoms with Gasteiger partial charge in [-0.1, -0.05) is 26.3 Å². The molecule has 2 atom stereocenters. The molecule has 1 aromatic carbocycles. The molecule has 2 aliphatic rings. The standard InChI is InChI=1S/C21H31N3O2/c1-12(2)20(25)23-17-8-7-13(3)18(11-17)24-21(26)16-9-14-5-4-6-15(10-16)19(14)22/h7-8,11-12,14-16,19H,4-6,9-10,22H2,1-3H3,(H,23,25)(H,24,26). The Morgan fingerprint density at radius 2 is 1.77 bits per heavy atom. The number of amides is 2. The lowest BCUT2D eigenvalue weighted by Gasteiger charge is -2.43. The van der Waals surface area contributed by atoms with Gasteiger partial charge in [0.15, 0.2) is 0 Å². The van der Waals surface area contributed by atoms with E-state index in [1.54, 1.807) is 0 Å². The highest BCUT2D eigenvalue weighted by Gasteiger charge is 2.40. The van der Waals surface area contributed by atoms with E-state index in [0.717, 1.165) is 36.9 Å². The molecule has 1 aromatic rings. The van der Waals surface area contributed by atoms with Crippen LogP contribution >= 0.6 is 0 Å². The first kappa shape index (κ1) is 18.9. The van der Waals surface area contributed by atoms with Crippen LogP contribution in [0.5, 0.6) is 0 Å². The number of fused-ring (bicyclic) bond motifs is 2. The summed E-state index contributed by atoms with van der Waals surface area (Å²) in [6, 6.07) is 5.92. The number of aryl methyl sites for hydroxylation is 1. The molecule has 26 heavy (non-hydrogen) atoms. The molecule has 2 bridgehead atoms. The minimum Gasteiger partial charge on any atom is -0.327 e. The number of nitrogens with two attached hydrogens (primary N) is 1. The third-order valence-corrected chi connectivity index (χ3v) is 6.07. The molecule has 0 saturated heterocycles. The summed E-state index contributed by atoms with van der Waals surface area (Å²) in [5, 5.41) is 5.99. The summed E-state index contributed by atoms with van der Waals surface area (Å²) in [5.74, 6) is 0.982. The van der Waals surface area contributed by atoms with Gasteiger partial charge in [0.05, 0.1) is 0 Å². The predicted octanol–water partition coefficient (Wildman–Crippen LogP) is 3.68. The van der Waals surface area contributed by atoms with Crippen LogP contribution in [0.2, 0.25) is 0 Å². The molecule has 0 aromatic heterocycles. The summed E-state index contributed by atoms with van der Waals surface area (Å²) in [6.07, 6.45) is 5.33. The molecule has 2 unspecified atom stereocenters. The zero-order valence-electron chi connectivity index (χ0n) is 16.0. The zero-order valence-corrected chi connectivity index (χ0v) is 16.0. The van der Waals surface area contributed by atoms with E-state index in [0.29, 0.717) is 17.5 Å². The second-order valence-electron chi connectivity index (χ2n) is 8.36. The Bertz CT molecular complexity index is 672. The molecule has 2 amide bonds. The number of carbonyl (C=O) groups is 2. The van der Waals surface area contributed by atoms with Crippen LogP contribution < -0.4 is 16.4 Å². The summed E-state index contributed by atoms with van der Waals surface area (Å²) in [7, 11) is 0. The van der Waals surface area contributed by atoms with Crippen LogP contribution in [0.1, 0.15) is 51.5 Å². The van der Waals surface area contributed by atoms with Crippen molar-refractivity contribution in [2.24, 2.45) is 29.4 Å². The highest BCUT2D eigenvalue weighted by atomic mass is 16.2. The Morgan fingerprint density at radius 3 is 2.38 bits per heavy atom. The fraction of sp³-hybridized carbons (Fsp3) is 0.619. The lowest BCUT2D eigenvalue weighted by atomic mass is 9.65. The topological polar surface area (TPSA) is 84.2 Å². The van der Waals surface area contributed by atoms with Crippen LogP contribution in [0.25, 0.3) is 0 Å². The van der Waals surface area contributed by atoms with Crippen molar-refractivity contribution in [3.8, 4) is 0 Å². The summed E-state index contributed by atoms with van der Waals surface area (Å²) < 4.78 is 0. The van der Waals surface area contributed by atoms with Crippen LogP contribution in [-0.2, 0) is 9.59 Å². The smallest absolute Gasteiger partial charge is 0.227 e. The highest BCUT2D eigenvalue weighted by molar-refractivity contribution is 5.96. The average molecular weight is 357 g/mol. The number of hydrogen-bond acceptors (Lipinski definition) is 3. The molecule has 2 saturated carbocycles. The second-order valence-corrected chi connectivity index (χ2v) is 8.36. The lowest BCUT2D eigenvalue weighted by molar-refractivity contribution is -0.122. The number of hydrogen-bond donors (Lipinski definition) is 3. The van der Waals surface area contributed by atoms with Gasteiger partial charge in [-0.2, -0.15) is 0 Å². The molecule has 2 fully saturated rings. The van der Waals surface area contributed by atoms with Crippen LogP contribution in [0.3, 0.4) is 0 Å². The SMILES string of the molecule is Cc1ccc(NC(=O)C(C)C)cc1NC(=O)C1CC2CCCC(C1)C2N. The van der Waals surface area contributed by atoms with Gasteiger partial charge in [0.25, 0.3) is 0 Å². The maximum Gasteiger partial charge on any atom is 0.227 e. The Hall–Kier alpha value is -1.88. The molecule has 0 heterocycles. The van der Waals surface area contributed by atoms with Crippen LogP contribution in [-0.4, -0.2) is 17.9 Å². The van der Waals surface area contributed by atoms with Crippen molar-refractivity contribution in [3.63, 3.8) is 0 Å². The maximum absolute atomic E-state index is 12.9. The molecule has 0 aliphatic heterocycles. The monoisotopic (exact) mass is 357 g/mol. The normalized spacial score (nSPS) is 27.9. The van der Waals surface area contributed by atoms with Crippen LogP contribution in [0.4, 0.5) is 11.4 Å². The number of rotatable bonds is 4. The van der Waals surface area contributed by atoms with E-state index in [9.17, 15) is 9.59 Å². The van der Waals surface area contributed by atoms with E-state index >= 15 is 0 Å². The zero-order chi connectivity index (χ0) is 18.8. The van der Waals surface area contributed by atoms with Crippen LogP contribution in [0, 0.1) is 30.6 Å². The molecule has 5 nitrogen and oxygen atoms in total. The number of benzene rings is 1. The Morgan fingerprint density at radius 1 is 1.12 bits per heavy atom. The third kappa shape index (κ3) is 4.09. The second kappa shape index (κ2) is 7.78. The predicted molar refractivity (Wildman–Crippen MR) is 105 cm³/mol. The van der Waals surface area contributed by atoms with Crippen molar-refractivity contribution in [3.05, 3.63) is 23.8 Å². The lowest BCUT2D eigenvalue weighted by Crippen LogP contribution is -2.48. The quantitative estimate of drug-likeness (QED) is 0.768. The van der Waals surface area contributed by atoms with E-state index in [4.69, 9.17) is 5.73 Å². The van der Waals surface area contributed by atoms with E-state index in [-0.39, 0.29) is 29.7 Å². The first-order valence-electron chi connectivity index (χ1n) is 9.83. The van der Waals surface area contributed by atoms with Crippen molar-refractivity contribution in [1.29, 1.82) is 0 Å². The largest absolute Gasteiger partial charge is 0.327 e. The molecular weight excluding hydrogens is 326 g/mol. The van der Waals surface area contributed by atoms with E-state index in [1.807, 2.05) is 39.0 Å². The first-order chi connectivity index (χ1) is 12.3. The average Bonchev–Trinajstić information content (AvgIpc) is 2.57. The fourth-order valence-corrected chi connectivity index (χ4v) is 4.36. The van der Waals surface area contributed by atoms with Crippen molar-refractivity contribution in [2.45, 2.75) is 58.9 Å². The molecule has 3 rings (SSSR count). The number of anilines is 2. The van der Waals surface area contributed by atoms with E-state index < -0.39 is 0 Å². The first-order valence-corrected chi connectivity index (χ1v) is 9.83. The van der Waals surface area contributed by atoms with Crippen LogP contribution in [0.15, 0.2) is 18.2 Å². The fourth-order valence-electron chi connectivity index (χ4n) is 4.36. The van der Waals surface area contributed by atoms with Crippen molar-refractivity contribution in [1.82, 2.24) is 0 Å². The molecule has 4 N–H and O–H groups in total. The number of nitrogens with one attached hydrogen (secondary N) is 2. The molecule has 142 valence electrons. The summed E-state index contributed by atoms with van der Waals surface area (Å²) >= 11 is 0. The minimum absolute atomic E-state index is 0.0276. The summed E-state index contributed by atoms with van der Waals surface area (Å²) in [5.41, 5.74) is 8.83. The van der Waals surface area contributed by atoms with Gasteiger partial charge in [0, 0.05) is 29.3 Å². The molecule has 2 aliphatic carbocycles. The highest BCUT2D eigenvalue weighted by Crippen LogP contribution is 2.42. The minimum atomic E-state index is -0.0831. The molecule has 0 spiro atoms. The van der Waals surface area contributed by atoms with Crippen molar-refractivity contribution < 1.29 is 9.59 Å². The van der Waals surface area contributed by atoms with E-state index in [2.05, 4.69) is 10.6 Å². The van der Waals surface area contributed by atoms with Gasteiger partial charge in [0.1, 0.15) is 0 Å². The molecule has 0 radical (unpaired) electrons. The Kier molecular flexibility index (Phi) is 5.66. The summed E-state index contributed by atoms with van der Waals surface area (Å²) in [4.78, 5) is 24.8. The van der Waals surface area contributed by atoms with Gasteiger partial charge in [-0.05, 0) is 62.1 Å². The maximum atomic E-state index is 12.9. The van der Waals surface area contributed by atoms with Gasteiger partial charge in [-0.3, -0.25) is 9.59 Å². The van der Waals surface area contributed by atoms with Crippen molar-refractivity contribution in [2.75, 3.05) is 10.6 Å². The third-order valence-electron chi connectivity index (χ3n) is 6.07. The number of carbonyl (C=O) groups excluding carboxylic acids is 2. The molecule has 5 heteroatoms. The van der Waals surface area contributed by atoms with Gasteiger partial charge >= 0.3 is 0 Å². The van der Waals surface area contributed by atoms with E-state index in [1.165, 1.54) is 6.42 Å². The molecular formula is C21H31N3O2. The van der Waals surface area contributed by atoms with Gasteiger partial charge < -0.3 is 16.4 Å². The Labute approximate surface area is 156 Å². The van der Waals surface area contributed by atoms with Gasteiger partial charge in [-0.15, -0.1) is 0 Å². The van der Waals surface area contributed by atoms with Gasteiger partial charge in [0.2, 0.25) is 11.8 Å². The van der Waals surface area contributed by atoms with Crippen molar-refractivity contribution >= 4 is 23.2 Å². The summed E-state index contributed by atoms with van der Waals surface area (Å²) in [6.45, 7) is 5.68. The Balaban J connectivity index is 1.68.